The van der Waals surface area contributed by atoms with Crippen LogP contribution in [0.5, 0.6) is 11.5 Å². The molecule has 0 saturated heterocycles. The van der Waals surface area contributed by atoms with Crippen molar-refractivity contribution in [3.63, 3.8) is 0 Å². The molecule has 3 nitrogen and oxygen atoms in total. The fourth-order valence-electron chi connectivity index (χ4n) is 1.72. The Kier molecular flexibility index (Phi) is 7.63. The van der Waals surface area contributed by atoms with E-state index in [1.165, 1.54) is 0 Å². The predicted molar refractivity (Wildman–Crippen MR) is 83.5 cm³/mol. The monoisotopic (exact) mass is 329 g/mol. The molecule has 0 saturated carbocycles. The zero-order valence-electron chi connectivity index (χ0n) is 11.9. The van der Waals surface area contributed by atoms with Crippen LogP contribution in [0.25, 0.3) is 0 Å². The Morgan fingerprint density at radius 2 is 1.55 bits per heavy atom. The third-order valence-electron chi connectivity index (χ3n) is 2.84. The summed E-state index contributed by atoms with van der Waals surface area (Å²) in [7, 11) is 0. The van der Waals surface area contributed by atoms with Crippen LogP contribution in [0.2, 0.25) is 0 Å². The summed E-state index contributed by atoms with van der Waals surface area (Å²) in [6, 6.07) is 10.2. The van der Waals surface area contributed by atoms with E-state index in [9.17, 15) is 8.78 Å². The van der Waals surface area contributed by atoms with Gasteiger partial charge >= 0.3 is 0 Å². The highest BCUT2D eigenvalue weighted by Crippen LogP contribution is 2.19. The van der Waals surface area contributed by atoms with Crippen molar-refractivity contribution < 1.29 is 18.3 Å². The van der Waals surface area contributed by atoms with Gasteiger partial charge in [0.05, 0.1) is 6.61 Å². The Morgan fingerprint density at radius 3 is 2.18 bits per heavy atom. The van der Waals surface area contributed by atoms with Crippen molar-refractivity contribution in [1.29, 1.82) is 0 Å². The van der Waals surface area contributed by atoms with Crippen molar-refractivity contribution in [2.24, 2.45) is 5.73 Å². The van der Waals surface area contributed by atoms with E-state index in [0.717, 1.165) is 24.6 Å². The van der Waals surface area contributed by atoms with Gasteiger partial charge in [-0.15, -0.1) is 12.4 Å². The Hall–Kier alpha value is -1.85. The van der Waals surface area contributed by atoms with Crippen LogP contribution in [0.15, 0.2) is 42.5 Å². The lowest BCUT2D eigenvalue weighted by Gasteiger charge is -2.09. The van der Waals surface area contributed by atoms with E-state index < -0.39 is 11.6 Å². The topological polar surface area (TPSA) is 44.5 Å². The molecule has 0 radical (unpaired) electrons. The van der Waals surface area contributed by atoms with Crippen molar-refractivity contribution in [1.82, 2.24) is 0 Å². The van der Waals surface area contributed by atoms with E-state index in [1.54, 1.807) is 24.3 Å². The average Bonchev–Trinajstić information content (AvgIpc) is 2.50. The summed E-state index contributed by atoms with van der Waals surface area (Å²) < 4.78 is 37.3. The molecule has 0 amide bonds. The third-order valence-corrected chi connectivity index (χ3v) is 2.84. The number of hydrogen-bond acceptors (Lipinski definition) is 3. The normalized spacial score (nSPS) is 9.95. The van der Waals surface area contributed by atoms with Crippen LogP contribution in [0.4, 0.5) is 8.78 Å². The van der Waals surface area contributed by atoms with Gasteiger partial charge in [-0.05, 0) is 55.4 Å². The highest BCUT2D eigenvalue weighted by atomic mass is 35.5. The van der Waals surface area contributed by atoms with Gasteiger partial charge in [0.15, 0.2) is 0 Å². The molecule has 0 aliphatic rings. The largest absolute Gasteiger partial charge is 0.494 e. The quantitative estimate of drug-likeness (QED) is 0.788. The van der Waals surface area contributed by atoms with Crippen LogP contribution >= 0.6 is 12.4 Å². The standard InChI is InChI=1S/C16H17F2NO2.ClH/c17-13-2-7-16(18)12(10-13)11-21-15-5-3-14(4-6-15)20-9-1-8-19;/h2-7,10H,1,8-9,11,19H2;1H. The first-order valence-corrected chi connectivity index (χ1v) is 6.68. The summed E-state index contributed by atoms with van der Waals surface area (Å²) in [5.41, 5.74) is 5.56. The molecule has 2 rings (SSSR count). The highest BCUT2D eigenvalue weighted by Gasteiger charge is 2.05. The van der Waals surface area contributed by atoms with Gasteiger partial charge in [-0.25, -0.2) is 8.78 Å². The van der Waals surface area contributed by atoms with Crippen LogP contribution in [-0.4, -0.2) is 13.2 Å². The van der Waals surface area contributed by atoms with E-state index in [-0.39, 0.29) is 24.6 Å². The number of hydrogen-bond donors (Lipinski definition) is 1. The van der Waals surface area contributed by atoms with Crippen molar-refractivity contribution in [3.8, 4) is 11.5 Å². The molecule has 0 unspecified atom stereocenters. The maximum absolute atomic E-state index is 13.4. The Morgan fingerprint density at radius 1 is 0.909 bits per heavy atom. The van der Waals surface area contributed by atoms with Gasteiger partial charge in [0.2, 0.25) is 0 Å². The first kappa shape index (κ1) is 18.2. The number of halogens is 3. The molecular formula is C16H18ClF2NO2. The molecule has 0 aliphatic heterocycles. The molecular weight excluding hydrogens is 312 g/mol. The summed E-state index contributed by atoms with van der Waals surface area (Å²) >= 11 is 0. The van der Waals surface area contributed by atoms with Gasteiger partial charge in [-0.2, -0.15) is 0 Å². The van der Waals surface area contributed by atoms with E-state index in [2.05, 4.69) is 0 Å². The summed E-state index contributed by atoms with van der Waals surface area (Å²) in [5, 5.41) is 0. The fourth-order valence-corrected chi connectivity index (χ4v) is 1.72. The molecule has 6 heteroatoms. The molecule has 0 heterocycles. The first-order chi connectivity index (χ1) is 10.2. The molecule has 0 fully saturated rings. The van der Waals surface area contributed by atoms with Crippen LogP contribution in [0.3, 0.4) is 0 Å². The van der Waals surface area contributed by atoms with Gasteiger partial charge in [0, 0.05) is 5.56 Å². The summed E-state index contributed by atoms with van der Waals surface area (Å²) in [4.78, 5) is 0. The minimum absolute atomic E-state index is 0. The second kappa shape index (κ2) is 9.23. The Balaban J connectivity index is 0.00000242. The molecule has 0 spiro atoms. The van der Waals surface area contributed by atoms with Crippen LogP contribution in [0.1, 0.15) is 12.0 Å². The number of rotatable bonds is 7. The van der Waals surface area contributed by atoms with Crippen molar-refractivity contribution in [3.05, 3.63) is 59.7 Å². The predicted octanol–water partition coefficient (Wildman–Crippen LogP) is 3.69. The molecule has 2 aromatic rings. The Bertz CT molecular complexity index is 579. The van der Waals surface area contributed by atoms with Gasteiger partial charge in [0.1, 0.15) is 29.7 Å². The fraction of sp³-hybridized carbons (Fsp3) is 0.250. The molecule has 0 bridgehead atoms. The zero-order valence-corrected chi connectivity index (χ0v) is 12.7. The van der Waals surface area contributed by atoms with Gasteiger partial charge in [-0.1, -0.05) is 0 Å². The highest BCUT2D eigenvalue weighted by molar-refractivity contribution is 5.85. The van der Waals surface area contributed by atoms with E-state index in [4.69, 9.17) is 15.2 Å². The SMILES string of the molecule is Cl.NCCCOc1ccc(OCc2cc(F)ccc2F)cc1. The molecule has 120 valence electrons. The smallest absolute Gasteiger partial charge is 0.130 e. The maximum Gasteiger partial charge on any atom is 0.130 e. The van der Waals surface area contributed by atoms with E-state index >= 15 is 0 Å². The molecule has 0 aliphatic carbocycles. The minimum Gasteiger partial charge on any atom is -0.494 e. The van der Waals surface area contributed by atoms with Crippen molar-refractivity contribution in [2.75, 3.05) is 13.2 Å². The lowest BCUT2D eigenvalue weighted by atomic mass is 10.2. The lowest BCUT2D eigenvalue weighted by Crippen LogP contribution is -2.06. The second-order valence-electron chi connectivity index (χ2n) is 4.49. The molecule has 0 atom stereocenters. The average molecular weight is 330 g/mol. The van der Waals surface area contributed by atoms with Gasteiger partial charge in [0.25, 0.3) is 0 Å². The van der Waals surface area contributed by atoms with Crippen LogP contribution in [0, 0.1) is 11.6 Å². The van der Waals surface area contributed by atoms with Gasteiger partial charge in [-0.3, -0.25) is 0 Å². The maximum atomic E-state index is 13.4. The van der Waals surface area contributed by atoms with Crippen molar-refractivity contribution in [2.45, 2.75) is 13.0 Å². The zero-order chi connectivity index (χ0) is 15.1. The molecule has 2 N–H and O–H groups in total. The van der Waals surface area contributed by atoms with Crippen molar-refractivity contribution >= 4 is 12.4 Å². The molecule has 2 aromatic carbocycles. The summed E-state index contributed by atoms with van der Waals surface area (Å²) in [5.74, 6) is 0.300. The van der Waals surface area contributed by atoms with Crippen LogP contribution < -0.4 is 15.2 Å². The van der Waals surface area contributed by atoms with Gasteiger partial charge < -0.3 is 15.2 Å². The molecule has 0 aromatic heterocycles. The number of ether oxygens (including phenoxy) is 2. The number of benzene rings is 2. The van der Waals surface area contributed by atoms with Crippen LogP contribution in [-0.2, 0) is 6.61 Å². The third kappa shape index (κ3) is 5.50. The summed E-state index contributed by atoms with van der Waals surface area (Å²) in [6.07, 6.45) is 0.789. The minimum atomic E-state index is -0.488. The summed E-state index contributed by atoms with van der Waals surface area (Å²) in [6.45, 7) is 1.11. The first-order valence-electron chi connectivity index (χ1n) is 6.68. The van der Waals surface area contributed by atoms with E-state index in [0.29, 0.717) is 24.7 Å². The lowest BCUT2D eigenvalue weighted by molar-refractivity contribution is 0.295. The van der Waals surface area contributed by atoms with E-state index in [1.807, 2.05) is 0 Å². The number of nitrogens with two attached hydrogens (primary N) is 1. The Labute approximate surface area is 134 Å². The second-order valence-corrected chi connectivity index (χ2v) is 4.49. The molecule has 22 heavy (non-hydrogen) atoms.